The average Bonchev–Trinajstić information content (AvgIpc) is 2.81. The van der Waals surface area contributed by atoms with Gasteiger partial charge in [-0.3, -0.25) is 4.79 Å². The zero-order chi connectivity index (χ0) is 14.1. The van der Waals surface area contributed by atoms with Crippen molar-refractivity contribution in [2.75, 3.05) is 11.4 Å². The lowest BCUT2D eigenvalue weighted by Gasteiger charge is -2.24. The quantitative estimate of drug-likeness (QED) is 0.851. The number of carbonyl (C=O) groups excluding carboxylic acids is 1. The Balaban J connectivity index is 2.00. The molecule has 1 aromatic carbocycles. The monoisotopic (exact) mass is 350 g/mol. The van der Waals surface area contributed by atoms with E-state index in [2.05, 4.69) is 34.2 Å². The first-order valence-electron chi connectivity index (χ1n) is 6.52. The summed E-state index contributed by atoms with van der Waals surface area (Å²) in [7, 11) is 0. The van der Waals surface area contributed by atoms with Crippen molar-refractivity contribution in [3.8, 4) is 0 Å². The molecule has 1 aliphatic heterocycles. The van der Waals surface area contributed by atoms with Crippen LogP contribution >= 0.6 is 27.3 Å². The van der Waals surface area contributed by atoms with Gasteiger partial charge in [0.2, 0.25) is 0 Å². The van der Waals surface area contributed by atoms with Gasteiger partial charge in [0.1, 0.15) is 0 Å². The molecular formula is C15H15BrN2OS. The van der Waals surface area contributed by atoms with E-state index >= 15 is 0 Å². The third kappa shape index (κ3) is 2.66. The topological polar surface area (TPSA) is 32.3 Å². The van der Waals surface area contributed by atoms with Crippen molar-refractivity contribution in [1.29, 1.82) is 0 Å². The summed E-state index contributed by atoms with van der Waals surface area (Å²) in [5.74, 6) is 0.0648. The molecule has 2 heterocycles. The van der Waals surface area contributed by atoms with E-state index in [1.165, 1.54) is 16.9 Å². The van der Waals surface area contributed by atoms with Gasteiger partial charge in [0.25, 0.3) is 5.91 Å². The van der Waals surface area contributed by atoms with Crippen LogP contribution < -0.4 is 10.2 Å². The molecule has 0 spiro atoms. The zero-order valence-corrected chi connectivity index (χ0v) is 13.5. The van der Waals surface area contributed by atoms with Gasteiger partial charge in [-0.05, 0) is 40.5 Å². The summed E-state index contributed by atoms with van der Waals surface area (Å²) in [4.78, 5) is 14.6. The van der Waals surface area contributed by atoms with Gasteiger partial charge >= 0.3 is 0 Å². The summed E-state index contributed by atoms with van der Waals surface area (Å²) in [6.07, 6.45) is 0. The number of amides is 1. The van der Waals surface area contributed by atoms with Crippen LogP contribution in [0.1, 0.15) is 22.8 Å². The third-order valence-electron chi connectivity index (χ3n) is 3.44. The molecule has 1 atom stereocenters. The molecule has 1 N–H and O–H groups in total. The Kier molecular flexibility index (Phi) is 3.92. The maximum absolute atomic E-state index is 12.8. The Morgan fingerprint density at radius 1 is 1.45 bits per heavy atom. The molecule has 1 amide bonds. The molecule has 3 rings (SSSR count). The van der Waals surface area contributed by atoms with Crippen LogP contribution in [0, 0.1) is 0 Å². The minimum atomic E-state index is 0.0648. The molecule has 0 saturated carbocycles. The number of hydrogen-bond acceptors (Lipinski definition) is 3. The van der Waals surface area contributed by atoms with E-state index < -0.39 is 0 Å². The van der Waals surface area contributed by atoms with Gasteiger partial charge in [0.05, 0.1) is 9.35 Å². The van der Waals surface area contributed by atoms with E-state index in [9.17, 15) is 4.79 Å². The van der Waals surface area contributed by atoms with Gasteiger partial charge in [0, 0.05) is 30.2 Å². The number of nitrogens with one attached hydrogen (secondary N) is 1. The Labute approximate surface area is 130 Å². The first-order valence-corrected chi connectivity index (χ1v) is 8.19. The molecule has 0 radical (unpaired) electrons. The number of nitrogens with zero attached hydrogens (tertiary/aromatic N) is 1. The van der Waals surface area contributed by atoms with Crippen molar-refractivity contribution < 1.29 is 4.79 Å². The van der Waals surface area contributed by atoms with Crippen LogP contribution in [0.2, 0.25) is 0 Å². The van der Waals surface area contributed by atoms with Gasteiger partial charge < -0.3 is 10.2 Å². The molecular weight excluding hydrogens is 336 g/mol. The van der Waals surface area contributed by atoms with Crippen LogP contribution in [0.3, 0.4) is 0 Å². The van der Waals surface area contributed by atoms with Crippen LogP contribution in [0.5, 0.6) is 0 Å². The highest BCUT2D eigenvalue weighted by molar-refractivity contribution is 9.11. The fourth-order valence-electron chi connectivity index (χ4n) is 2.41. The smallest absolute Gasteiger partial charge is 0.259 e. The van der Waals surface area contributed by atoms with Crippen LogP contribution in [-0.4, -0.2) is 18.5 Å². The maximum atomic E-state index is 12.8. The highest BCUT2D eigenvalue weighted by atomic mass is 79.9. The van der Waals surface area contributed by atoms with Crippen LogP contribution in [-0.2, 0) is 6.54 Å². The molecule has 1 aliphatic rings. The van der Waals surface area contributed by atoms with Crippen molar-refractivity contribution in [1.82, 2.24) is 5.32 Å². The molecule has 0 saturated heterocycles. The number of thiophene rings is 1. The first kappa shape index (κ1) is 13.8. The largest absolute Gasteiger partial charge is 0.308 e. The second kappa shape index (κ2) is 5.68. The van der Waals surface area contributed by atoms with E-state index in [-0.39, 0.29) is 11.9 Å². The molecule has 104 valence electrons. The number of para-hydroxylation sites is 1. The highest BCUT2D eigenvalue weighted by Crippen LogP contribution is 2.27. The predicted molar refractivity (Wildman–Crippen MR) is 86.4 cm³/mol. The van der Waals surface area contributed by atoms with Crippen molar-refractivity contribution in [2.24, 2.45) is 0 Å². The lowest BCUT2D eigenvalue weighted by molar-refractivity contribution is 0.0986. The lowest BCUT2D eigenvalue weighted by Crippen LogP contribution is -2.39. The summed E-state index contributed by atoms with van der Waals surface area (Å²) in [5.41, 5.74) is 2.92. The number of fused-ring (bicyclic) bond motifs is 1. The molecule has 1 unspecified atom stereocenters. The van der Waals surface area contributed by atoms with E-state index in [1.807, 2.05) is 34.5 Å². The van der Waals surface area contributed by atoms with Crippen molar-refractivity contribution in [2.45, 2.75) is 19.5 Å². The summed E-state index contributed by atoms with van der Waals surface area (Å²) in [6, 6.07) is 10.3. The van der Waals surface area contributed by atoms with E-state index in [0.29, 0.717) is 6.54 Å². The van der Waals surface area contributed by atoms with Gasteiger partial charge in [-0.25, -0.2) is 0 Å². The summed E-state index contributed by atoms with van der Waals surface area (Å²) >= 11 is 4.96. The Hall–Kier alpha value is -1.17. The minimum Gasteiger partial charge on any atom is -0.308 e. The Morgan fingerprint density at radius 3 is 3.00 bits per heavy atom. The Morgan fingerprint density at radius 2 is 2.25 bits per heavy atom. The number of benzene rings is 1. The normalized spacial score (nSPS) is 18.5. The highest BCUT2D eigenvalue weighted by Gasteiger charge is 2.25. The van der Waals surface area contributed by atoms with Gasteiger partial charge in [-0.1, -0.05) is 18.2 Å². The van der Waals surface area contributed by atoms with E-state index in [1.54, 1.807) is 0 Å². The molecule has 0 aliphatic carbocycles. The van der Waals surface area contributed by atoms with E-state index in [0.717, 1.165) is 21.6 Å². The molecule has 5 heteroatoms. The molecule has 0 bridgehead atoms. The zero-order valence-electron chi connectivity index (χ0n) is 11.1. The third-order valence-corrected chi connectivity index (χ3v) is 4.94. The number of carbonyl (C=O) groups is 1. The summed E-state index contributed by atoms with van der Waals surface area (Å²) < 4.78 is 0.982. The number of rotatable bonds is 1. The molecule has 3 nitrogen and oxygen atoms in total. The van der Waals surface area contributed by atoms with Crippen molar-refractivity contribution in [3.63, 3.8) is 0 Å². The molecule has 2 aromatic rings. The van der Waals surface area contributed by atoms with Crippen LogP contribution in [0.15, 0.2) is 39.5 Å². The van der Waals surface area contributed by atoms with Gasteiger partial charge in [0.15, 0.2) is 0 Å². The van der Waals surface area contributed by atoms with Crippen molar-refractivity contribution in [3.05, 3.63) is 50.6 Å². The summed E-state index contributed by atoms with van der Waals surface area (Å²) in [6.45, 7) is 3.59. The average molecular weight is 351 g/mol. The first-order chi connectivity index (χ1) is 9.65. The fourth-order valence-corrected chi connectivity index (χ4v) is 3.55. The number of halogens is 1. The second-order valence-corrected chi connectivity index (χ2v) is 7.26. The second-order valence-electron chi connectivity index (χ2n) is 4.97. The molecule has 0 fully saturated rings. The summed E-state index contributed by atoms with van der Waals surface area (Å²) in [5, 5.41) is 5.34. The standard InChI is InChI=1S/C15H15BrN2OS/c1-10-8-18(15(19)12-6-14(16)20-9-12)13-5-3-2-4-11(13)7-17-10/h2-6,9-10,17H,7-8H2,1H3. The maximum Gasteiger partial charge on any atom is 0.259 e. The van der Waals surface area contributed by atoms with Crippen molar-refractivity contribution >= 4 is 38.9 Å². The van der Waals surface area contributed by atoms with Crippen LogP contribution in [0.4, 0.5) is 5.69 Å². The lowest BCUT2D eigenvalue weighted by atomic mass is 10.1. The SMILES string of the molecule is CC1CN(C(=O)c2csc(Br)c2)c2ccccc2CN1. The van der Waals surface area contributed by atoms with Gasteiger partial charge in [-0.15, -0.1) is 11.3 Å². The van der Waals surface area contributed by atoms with E-state index in [4.69, 9.17) is 0 Å². The molecule has 20 heavy (non-hydrogen) atoms. The number of hydrogen-bond donors (Lipinski definition) is 1. The molecule has 1 aromatic heterocycles. The Bertz CT molecular complexity index is 640. The number of anilines is 1. The fraction of sp³-hybridized carbons (Fsp3) is 0.267. The van der Waals surface area contributed by atoms with Crippen LogP contribution in [0.25, 0.3) is 0 Å². The minimum absolute atomic E-state index is 0.0648. The predicted octanol–water partition coefficient (Wildman–Crippen LogP) is 3.65. The van der Waals surface area contributed by atoms with Gasteiger partial charge in [-0.2, -0.15) is 0 Å².